The lowest BCUT2D eigenvalue weighted by Gasteiger charge is -2.35. The van der Waals surface area contributed by atoms with E-state index in [2.05, 4.69) is 20.8 Å². The Morgan fingerprint density at radius 3 is 3.04 bits per heavy atom. The summed E-state index contributed by atoms with van der Waals surface area (Å²) in [6, 6.07) is 5.62. The highest BCUT2D eigenvalue weighted by Gasteiger charge is 2.28. The molecule has 0 spiro atoms. The lowest BCUT2D eigenvalue weighted by Crippen LogP contribution is -2.41. The van der Waals surface area contributed by atoms with Crippen LogP contribution in [0.1, 0.15) is 42.9 Å². The monoisotopic (exact) mass is 339 g/mol. The molecule has 1 atom stereocenters. The molecule has 0 radical (unpaired) electrons. The number of nitrogens with zero attached hydrogens (tertiary/aromatic N) is 2. The molecule has 2 aromatic rings. The summed E-state index contributed by atoms with van der Waals surface area (Å²) >= 11 is 0. The topological polar surface area (TPSA) is 90.1 Å². The molecule has 0 bridgehead atoms. The third kappa shape index (κ3) is 3.22. The van der Waals surface area contributed by atoms with Crippen molar-refractivity contribution in [2.24, 2.45) is 0 Å². The van der Waals surface area contributed by atoms with Crippen LogP contribution in [0.25, 0.3) is 0 Å². The molecule has 130 valence electrons. The van der Waals surface area contributed by atoms with E-state index in [4.69, 9.17) is 0 Å². The van der Waals surface area contributed by atoms with Gasteiger partial charge in [0.25, 0.3) is 0 Å². The molecule has 25 heavy (non-hydrogen) atoms. The Morgan fingerprint density at radius 2 is 2.20 bits per heavy atom. The summed E-state index contributed by atoms with van der Waals surface area (Å²) < 4.78 is 0. The van der Waals surface area contributed by atoms with Gasteiger partial charge in [-0.25, -0.2) is 4.79 Å². The highest BCUT2D eigenvalue weighted by Crippen LogP contribution is 2.31. The van der Waals surface area contributed by atoms with Crippen molar-refractivity contribution in [3.63, 3.8) is 0 Å². The third-order valence-electron chi connectivity index (χ3n) is 4.92. The van der Waals surface area contributed by atoms with E-state index in [1.165, 1.54) is 0 Å². The molecule has 0 saturated carbocycles. The predicted molar refractivity (Wildman–Crippen MR) is 94.3 cm³/mol. The van der Waals surface area contributed by atoms with Crippen molar-refractivity contribution >= 4 is 23.3 Å². The fourth-order valence-electron chi connectivity index (χ4n) is 3.61. The molecule has 1 saturated heterocycles. The summed E-state index contributed by atoms with van der Waals surface area (Å²) in [5, 5.41) is 12.7. The molecule has 0 aliphatic carbocycles. The number of carbonyl (C=O) groups is 2. The molecule has 3 heterocycles. The van der Waals surface area contributed by atoms with Gasteiger partial charge in [0.1, 0.15) is 0 Å². The maximum absolute atomic E-state index is 12.8. The average molecular weight is 339 g/mol. The number of nitrogens with one attached hydrogen (secondary N) is 3. The Kier molecular flexibility index (Phi) is 4.13. The number of likely N-dealkylation sites (tertiary alicyclic amines) is 1. The van der Waals surface area contributed by atoms with Crippen LogP contribution in [0.2, 0.25) is 0 Å². The van der Waals surface area contributed by atoms with Gasteiger partial charge in [-0.1, -0.05) is 6.07 Å². The first-order valence-electron chi connectivity index (χ1n) is 8.70. The molecule has 1 aromatic heterocycles. The van der Waals surface area contributed by atoms with Gasteiger partial charge < -0.3 is 15.5 Å². The second-order valence-corrected chi connectivity index (χ2v) is 6.59. The highest BCUT2D eigenvalue weighted by molar-refractivity contribution is 5.96. The van der Waals surface area contributed by atoms with Gasteiger partial charge in [0.2, 0.25) is 5.91 Å². The molecule has 2 aliphatic heterocycles. The first kappa shape index (κ1) is 15.7. The number of fused-ring (bicyclic) bond motifs is 1. The number of hydrogen-bond donors (Lipinski definition) is 3. The van der Waals surface area contributed by atoms with Gasteiger partial charge in [-0.15, -0.1) is 0 Å². The number of hydrogen-bond acceptors (Lipinski definition) is 3. The molecule has 4 rings (SSSR count). The zero-order valence-electron chi connectivity index (χ0n) is 13.9. The predicted octanol–water partition coefficient (Wildman–Crippen LogP) is 3.05. The molecular weight excluding hydrogens is 318 g/mol. The van der Waals surface area contributed by atoms with E-state index in [0.29, 0.717) is 12.1 Å². The normalized spacial score (nSPS) is 19.9. The van der Waals surface area contributed by atoms with E-state index in [9.17, 15) is 9.59 Å². The van der Waals surface area contributed by atoms with Crippen LogP contribution in [0.5, 0.6) is 0 Å². The standard InChI is InChI=1S/C18H21N5O2/c24-17-7-5-12-4-6-14(9-15(12)22-17)21-18(25)23-8-2-1-3-16(23)13-10-19-20-11-13/h4,6,9-11,16H,1-3,5,7-8H2,(H,19,20)(H,21,25)(H,22,24)/t16-/m1/s1. The van der Waals surface area contributed by atoms with E-state index in [1.54, 1.807) is 6.20 Å². The zero-order chi connectivity index (χ0) is 17.2. The van der Waals surface area contributed by atoms with Gasteiger partial charge in [0.05, 0.1) is 12.2 Å². The summed E-state index contributed by atoms with van der Waals surface area (Å²) in [5.41, 5.74) is 3.63. The maximum Gasteiger partial charge on any atom is 0.322 e. The smallest absolute Gasteiger partial charge is 0.322 e. The first-order chi connectivity index (χ1) is 12.2. The Labute approximate surface area is 145 Å². The Balaban J connectivity index is 1.51. The van der Waals surface area contributed by atoms with Crippen molar-refractivity contribution in [2.75, 3.05) is 17.2 Å². The van der Waals surface area contributed by atoms with Crippen LogP contribution in [0.15, 0.2) is 30.6 Å². The number of amides is 3. The van der Waals surface area contributed by atoms with Crippen molar-refractivity contribution in [1.29, 1.82) is 0 Å². The second kappa shape index (κ2) is 6.58. The largest absolute Gasteiger partial charge is 0.326 e. The van der Waals surface area contributed by atoms with Crippen LogP contribution in [0.3, 0.4) is 0 Å². The minimum absolute atomic E-state index is 0.0204. The molecule has 7 heteroatoms. The highest BCUT2D eigenvalue weighted by atomic mass is 16.2. The number of benzene rings is 1. The number of anilines is 2. The van der Waals surface area contributed by atoms with Crippen LogP contribution < -0.4 is 10.6 Å². The van der Waals surface area contributed by atoms with Crippen molar-refractivity contribution in [3.8, 4) is 0 Å². The number of urea groups is 1. The van der Waals surface area contributed by atoms with Gasteiger partial charge in [0, 0.05) is 36.1 Å². The van der Waals surface area contributed by atoms with E-state index >= 15 is 0 Å². The van der Waals surface area contributed by atoms with E-state index in [-0.39, 0.29) is 18.0 Å². The molecule has 0 unspecified atom stereocenters. The molecule has 2 aliphatic rings. The van der Waals surface area contributed by atoms with Crippen molar-refractivity contribution in [1.82, 2.24) is 15.1 Å². The van der Waals surface area contributed by atoms with E-state index < -0.39 is 0 Å². The zero-order valence-corrected chi connectivity index (χ0v) is 13.9. The van der Waals surface area contributed by atoms with Crippen molar-refractivity contribution in [3.05, 3.63) is 41.7 Å². The molecule has 3 amide bonds. The molecular formula is C18H21N5O2. The van der Waals surface area contributed by atoms with Crippen LogP contribution in [-0.2, 0) is 11.2 Å². The minimum atomic E-state index is -0.118. The first-order valence-corrected chi connectivity index (χ1v) is 8.70. The number of piperidine rings is 1. The summed E-state index contributed by atoms with van der Waals surface area (Å²) in [6.45, 7) is 0.726. The SMILES string of the molecule is O=C1CCc2ccc(NC(=O)N3CCCC[C@@H]3c3cn[nH]c3)cc2N1. The van der Waals surface area contributed by atoms with Gasteiger partial charge in [-0.05, 0) is 43.4 Å². The number of H-pyrrole nitrogens is 1. The average Bonchev–Trinajstić information content (AvgIpc) is 3.16. The lowest BCUT2D eigenvalue weighted by atomic mass is 9.98. The van der Waals surface area contributed by atoms with E-state index in [1.807, 2.05) is 29.3 Å². The number of aromatic nitrogens is 2. The lowest BCUT2D eigenvalue weighted by molar-refractivity contribution is -0.116. The fraction of sp³-hybridized carbons (Fsp3) is 0.389. The van der Waals surface area contributed by atoms with Gasteiger partial charge in [0.15, 0.2) is 0 Å². The summed E-state index contributed by atoms with van der Waals surface area (Å²) in [6.07, 6.45) is 7.93. The Bertz CT molecular complexity index is 787. The van der Waals surface area contributed by atoms with Gasteiger partial charge in [-0.3, -0.25) is 9.89 Å². The Hall–Kier alpha value is -2.83. The summed E-state index contributed by atoms with van der Waals surface area (Å²) in [7, 11) is 0. The maximum atomic E-state index is 12.8. The van der Waals surface area contributed by atoms with Crippen LogP contribution in [0, 0.1) is 0 Å². The molecule has 7 nitrogen and oxygen atoms in total. The second-order valence-electron chi connectivity index (χ2n) is 6.59. The summed E-state index contributed by atoms with van der Waals surface area (Å²) in [4.78, 5) is 26.2. The number of carbonyl (C=O) groups excluding carboxylic acids is 2. The summed E-state index contributed by atoms with van der Waals surface area (Å²) in [5.74, 6) is 0.0204. The molecule has 1 fully saturated rings. The van der Waals surface area contributed by atoms with Crippen LogP contribution in [-0.4, -0.2) is 33.6 Å². The van der Waals surface area contributed by atoms with Crippen molar-refractivity contribution in [2.45, 2.75) is 38.1 Å². The number of aromatic amines is 1. The third-order valence-corrected chi connectivity index (χ3v) is 4.92. The number of rotatable bonds is 2. The quantitative estimate of drug-likeness (QED) is 0.785. The van der Waals surface area contributed by atoms with Crippen LogP contribution >= 0.6 is 0 Å². The molecule has 3 N–H and O–H groups in total. The fourth-order valence-corrected chi connectivity index (χ4v) is 3.61. The Morgan fingerprint density at radius 1 is 1.28 bits per heavy atom. The number of aryl methyl sites for hydroxylation is 1. The van der Waals surface area contributed by atoms with E-state index in [0.717, 1.165) is 49.0 Å². The van der Waals surface area contributed by atoms with Crippen LogP contribution in [0.4, 0.5) is 16.2 Å². The van der Waals surface area contributed by atoms with Gasteiger partial charge >= 0.3 is 6.03 Å². The molecule has 1 aromatic carbocycles. The van der Waals surface area contributed by atoms with Gasteiger partial charge in [-0.2, -0.15) is 5.10 Å². The minimum Gasteiger partial charge on any atom is -0.326 e. The van der Waals surface area contributed by atoms with Crippen molar-refractivity contribution < 1.29 is 9.59 Å².